The molecule has 2 amide bonds. The van der Waals surface area contributed by atoms with Crippen molar-refractivity contribution in [1.82, 2.24) is 15.2 Å². The second-order valence-corrected chi connectivity index (χ2v) is 8.35. The number of piperidine rings is 1. The van der Waals surface area contributed by atoms with Crippen LogP contribution in [0.15, 0.2) is 5.38 Å². The molecule has 7 heteroatoms. The van der Waals surface area contributed by atoms with Gasteiger partial charge in [-0.15, -0.1) is 11.3 Å². The third-order valence-corrected chi connectivity index (χ3v) is 5.18. The lowest BCUT2D eigenvalue weighted by molar-refractivity contribution is -0.122. The predicted octanol–water partition coefficient (Wildman–Crippen LogP) is 3.11. The molecule has 2 heterocycles. The van der Waals surface area contributed by atoms with Gasteiger partial charge >= 0.3 is 6.09 Å². The first kappa shape index (κ1) is 19.7. The van der Waals surface area contributed by atoms with Crippen molar-refractivity contribution in [2.24, 2.45) is 0 Å². The SMILES string of the molecule is CCOC(=O)N1CCC(NC(=O)CCc2nc(C(C)(C)C)cs2)CC1. The smallest absolute Gasteiger partial charge is 0.409 e. The van der Waals surface area contributed by atoms with Gasteiger partial charge in [0.15, 0.2) is 0 Å². The van der Waals surface area contributed by atoms with E-state index in [0.717, 1.165) is 23.5 Å². The highest BCUT2D eigenvalue weighted by Crippen LogP contribution is 2.24. The van der Waals surface area contributed by atoms with Gasteiger partial charge in [-0.2, -0.15) is 0 Å². The Morgan fingerprint density at radius 1 is 1.36 bits per heavy atom. The Balaban J connectivity index is 1.71. The summed E-state index contributed by atoms with van der Waals surface area (Å²) in [5.74, 6) is 0.0575. The molecule has 0 spiro atoms. The van der Waals surface area contributed by atoms with Gasteiger partial charge in [-0.25, -0.2) is 9.78 Å². The highest BCUT2D eigenvalue weighted by Gasteiger charge is 2.24. The van der Waals surface area contributed by atoms with E-state index in [4.69, 9.17) is 4.74 Å². The molecule has 0 aromatic carbocycles. The maximum absolute atomic E-state index is 12.2. The van der Waals surface area contributed by atoms with Crippen LogP contribution in [0.4, 0.5) is 4.79 Å². The van der Waals surface area contributed by atoms with E-state index in [9.17, 15) is 9.59 Å². The van der Waals surface area contributed by atoms with Crippen molar-refractivity contribution < 1.29 is 14.3 Å². The van der Waals surface area contributed by atoms with Gasteiger partial charge < -0.3 is 15.0 Å². The number of thiazole rings is 1. The zero-order valence-corrected chi connectivity index (χ0v) is 16.4. The number of hydrogen-bond donors (Lipinski definition) is 1. The van der Waals surface area contributed by atoms with Gasteiger partial charge in [0.2, 0.25) is 5.91 Å². The number of amides is 2. The number of carbonyl (C=O) groups is 2. The van der Waals surface area contributed by atoms with E-state index in [-0.39, 0.29) is 23.5 Å². The Bertz CT molecular complexity index is 587. The first-order valence-electron chi connectivity index (χ1n) is 8.95. The third kappa shape index (κ3) is 5.99. The van der Waals surface area contributed by atoms with E-state index < -0.39 is 0 Å². The van der Waals surface area contributed by atoms with Crippen LogP contribution in [-0.4, -0.2) is 47.6 Å². The van der Waals surface area contributed by atoms with Crippen LogP contribution in [0, 0.1) is 0 Å². The topological polar surface area (TPSA) is 71.5 Å². The van der Waals surface area contributed by atoms with E-state index in [0.29, 0.717) is 32.5 Å². The largest absolute Gasteiger partial charge is 0.450 e. The number of likely N-dealkylation sites (tertiary alicyclic amines) is 1. The molecule has 25 heavy (non-hydrogen) atoms. The molecule has 140 valence electrons. The minimum absolute atomic E-state index is 0.0455. The summed E-state index contributed by atoms with van der Waals surface area (Å²) >= 11 is 1.62. The maximum atomic E-state index is 12.2. The number of nitrogens with zero attached hydrogens (tertiary/aromatic N) is 2. The number of ether oxygens (including phenoxy) is 1. The minimum atomic E-state index is -0.259. The van der Waals surface area contributed by atoms with Crippen molar-refractivity contribution in [2.75, 3.05) is 19.7 Å². The molecule has 0 aliphatic carbocycles. The van der Waals surface area contributed by atoms with E-state index in [1.54, 1.807) is 23.2 Å². The molecular formula is C18H29N3O3S. The van der Waals surface area contributed by atoms with Crippen LogP contribution in [0.3, 0.4) is 0 Å². The van der Waals surface area contributed by atoms with Crippen molar-refractivity contribution in [3.05, 3.63) is 16.1 Å². The van der Waals surface area contributed by atoms with E-state index in [1.807, 2.05) is 0 Å². The monoisotopic (exact) mass is 367 g/mol. The summed E-state index contributed by atoms with van der Waals surface area (Å²) in [5, 5.41) is 6.17. The molecule has 0 unspecified atom stereocenters. The first-order valence-corrected chi connectivity index (χ1v) is 9.83. The lowest BCUT2D eigenvalue weighted by atomic mass is 9.93. The summed E-state index contributed by atoms with van der Waals surface area (Å²) in [6.45, 7) is 9.88. The maximum Gasteiger partial charge on any atom is 0.409 e. The van der Waals surface area contributed by atoms with Crippen LogP contribution in [0.5, 0.6) is 0 Å². The molecule has 0 bridgehead atoms. The van der Waals surface area contributed by atoms with Crippen LogP contribution in [-0.2, 0) is 21.4 Å². The molecule has 2 rings (SSSR count). The fourth-order valence-electron chi connectivity index (χ4n) is 2.71. The molecule has 1 N–H and O–H groups in total. The van der Waals surface area contributed by atoms with Gasteiger partial charge in [0.25, 0.3) is 0 Å². The summed E-state index contributed by atoms with van der Waals surface area (Å²) in [6, 6.07) is 0.139. The number of nitrogens with one attached hydrogen (secondary N) is 1. The summed E-state index contributed by atoms with van der Waals surface area (Å²) in [5.41, 5.74) is 1.13. The Labute approximate surface area is 154 Å². The lowest BCUT2D eigenvalue weighted by Gasteiger charge is -2.31. The summed E-state index contributed by atoms with van der Waals surface area (Å²) < 4.78 is 5.00. The summed E-state index contributed by atoms with van der Waals surface area (Å²) in [7, 11) is 0. The van der Waals surface area contributed by atoms with Gasteiger partial charge in [-0.3, -0.25) is 4.79 Å². The molecule has 1 aliphatic heterocycles. The van der Waals surface area contributed by atoms with Gasteiger partial charge in [0, 0.05) is 42.8 Å². The molecule has 1 aromatic heterocycles. The summed E-state index contributed by atoms with van der Waals surface area (Å²) in [4.78, 5) is 30.2. The Kier molecular flexibility index (Phi) is 6.81. The highest BCUT2D eigenvalue weighted by atomic mass is 32.1. The van der Waals surface area contributed by atoms with Gasteiger partial charge in [-0.05, 0) is 19.8 Å². The van der Waals surface area contributed by atoms with Crippen molar-refractivity contribution in [3.63, 3.8) is 0 Å². The molecule has 0 radical (unpaired) electrons. The van der Waals surface area contributed by atoms with Crippen LogP contribution in [0.2, 0.25) is 0 Å². The standard InChI is InChI=1S/C18H29N3O3S/c1-5-24-17(23)21-10-8-13(9-11-21)19-15(22)6-7-16-20-14(12-25-16)18(2,3)4/h12-13H,5-11H2,1-4H3,(H,19,22). The normalized spacial score (nSPS) is 15.9. The first-order chi connectivity index (χ1) is 11.8. The average molecular weight is 368 g/mol. The quantitative estimate of drug-likeness (QED) is 0.868. The average Bonchev–Trinajstić information content (AvgIpc) is 3.03. The lowest BCUT2D eigenvalue weighted by Crippen LogP contribution is -2.46. The Morgan fingerprint density at radius 3 is 2.60 bits per heavy atom. The molecule has 1 aliphatic rings. The number of hydrogen-bond acceptors (Lipinski definition) is 5. The fourth-order valence-corrected chi connectivity index (χ4v) is 3.74. The van der Waals surface area contributed by atoms with Crippen LogP contribution >= 0.6 is 11.3 Å². The number of rotatable bonds is 5. The van der Waals surface area contributed by atoms with Crippen molar-refractivity contribution in [3.8, 4) is 0 Å². The van der Waals surface area contributed by atoms with E-state index >= 15 is 0 Å². The minimum Gasteiger partial charge on any atom is -0.450 e. The molecular weight excluding hydrogens is 338 g/mol. The van der Waals surface area contributed by atoms with Crippen LogP contribution < -0.4 is 5.32 Å². The molecule has 6 nitrogen and oxygen atoms in total. The summed E-state index contributed by atoms with van der Waals surface area (Å²) in [6.07, 6.45) is 2.42. The number of aromatic nitrogens is 1. The fraction of sp³-hybridized carbons (Fsp3) is 0.722. The van der Waals surface area contributed by atoms with E-state index in [2.05, 4.69) is 36.5 Å². The number of aryl methyl sites for hydroxylation is 1. The third-order valence-electron chi connectivity index (χ3n) is 4.27. The molecule has 1 fully saturated rings. The second kappa shape index (κ2) is 8.65. The van der Waals surface area contributed by atoms with Gasteiger partial charge in [0.05, 0.1) is 17.3 Å². The van der Waals surface area contributed by atoms with Gasteiger partial charge in [-0.1, -0.05) is 20.8 Å². The zero-order valence-electron chi connectivity index (χ0n) is 15.6. The van der Waals surface area contributed by atoms with Crippen LogP contribution in [0.1, 0.15) is 57.7 Å². The van der Waals surface area contributed by atoms with Crippen molar-refractivity contribution >= 4 is 23.3 Å². The highest BCUT2D eigenvalue weighted by molar-refractivity contribution is 7.09. The zero-order chi connectivity index (χ0) is 18.4. The molecule has 0 saturated carbocycles. The van der Waals surface area contributed by atoms with Crippen molar-refractivity contribution in [2.45, 2.75) is 64.8 Å². The van der Waals surface area contributed by atoms with Gasteiger partial charge in [0.1, 0.15) is 0 Å². The molecule has 0 atom stereocenters. The van der Waals surface area contributed by atoms with E-state index in [1.165, 1.54) is 0 Å². The predicted molar refractivity (Wildman–Crippen MR) is 98.9 cm³/mol. The van der Waals surface area contributed by atoms with Crippen molar-refractivity contribution in [1.29, 1.82) is 0 Å². The Morgan fingerprint density at radius 2 is 2.04 bits per heavy atom. The Hall–Kier alpha value is -1.63. The molecule has 1 aromatic rings. The molecule has 1 saturated heterocycles. The van der Waals surface area contributed by atoms with Crippen LogP contribution in [0.25, 0.3) is 0 Å². The number of carbonyl (C=O) groups excluding carboxylic acids is 2. The second-order valence-electron chi connectivity index (χ2n) is 7.40.